The van der Waals surface area contributed by atoms with Crippen LogP contribution in [-0.2, 0) is 14.8 Å². The quantitative estimate of drug-likeness (QED) is 0.494. The van der Waals surface area contributed by atoms with Crippen molar-refractivity contribution in [1.29, 1.82) is 0 Å². The van der Waals surface area contributed by atoms with Crippen LogP contribution in [-0.4, -0.2) is 37.6 Å². The number of nitrogens with one attached hydrogen (secondary N) is 2. The standard InChI is InChI=1S/C22H28N4O3S/c1-15(2)29-13-7-12-23-21-22(25-19-9-6-5-8-18(19)24-21)26-30(27,28)20-11-10-16(3)14-17(20)4/h5-6,8-11,14-15H,7,12-13H2,1-4H3,(H,23,24)(H,25,26). The van der Waals surface area contributed by atoms with Gasteiger partial charge in [0.2, 0.25) is 0 Å². The molecule has 0 fully saturated rings. The maximum Gasteiger partial charge on any atom is 0.263 e. The summed E-state index contributed by atoms with van der Waals surface area (Å²) in [5.41, 5.74) is 2.98. The number of rotatable bonds is 9. The number of aryl methyl sites for hydroxylation is 2. The molecule has 1 aromatic heterocycles. The summed E-state index contributed by atoms with van der Waals surface area (Å²) in [7, 11) is -3.82. The lowest BCUT2D eigenvalue weighted by atomic mass is 10.2. The van der Waals surface area contributed by atoms with E-state index in [-0.39, 0.29) is 16.8 Å². The fourth-order valence-corrected chi connectivity index (χ4v) is 4.31. The number of benzene rings is 2. The summed E-state index contributed by atoms with van der Waals surface area (Å²) in [5.74, 6) is 0.574. The van der Waals surface area contributed by atoms with E-state index in [4.69, 9.17) is 4.74 Å². The zero-order valence-corrected chi connectivity index (χ0v) is 18.6. The zero-order valence-electron chi connectivity index (χ0n) is 17.8. The van der Waals surface area contributed by atoms with Crippen molar-refractivity contribution in [2.75, 3.05) is 23.2 Å². The predicted molar refractivity (Wildman–Crippen MR) is 120 cm³/mol. The lowest BCUT2D eigenvalue weighted by Crippen LogP contribution is -2.18. The minimum absolute atomic E-state index is 0.172. The molecule has 30 heavy (non-hydrogen) atoms. The Morgan fingerprint density at radius 2 is 1.67 bits per heavy atom. The maximum atomic E-state index is 13.0. The van der Waals surface area contributed by atoms with E-state index in [1.165, 1.54) is 0 Å². The summed E-state index contributed by atoms with van der Waals surface area (Å²) in [6.45, 7) is 8.87. The van der Waals surface area contributed by atoms with Crippen LogP contribution >= 0.6 is 0 Å². The highest BCUT2D eigenvalue weighted by molar-refractivity contribution is 7.92. The van der Waals surface area contributed by atoms with E-state index in [1.54, 1.807) is 25.1 Å². The molecule has 0 aliphatic rings. The van der Waals surface area contributed by atoms with Crippen LogP contribution in [0.5, 0.6) is 0 Å². The summed E-state index contributed by atoms with van der Waals surface area (Å²) < 4.78 is 34.3. The summed E-state index contributed by atoms with van der Waals surface area (Å²) in [5, 5.41) is 3.20. The first-order chi connectivity index (χ1) is 14.3. The van der Waals surface area contributed by atoms with Crippen LogP contribution in [0.1, 0.15) is 31.4 Å². The number of fused-ring (bicyclic) bond motifs is 1. The summed E-state index contributed by atoms with van der Waals surface area (Å²) in [4.78, 5) is 9.32. The summed E-state index contributed by atoms with van der Waals surface area (Å²) >= 11 is 0. The zero-order chi connectivity index (χ0) is 21.7. The molecule has 1 heterocycles. The SMILES string of the molecule is Cc1ccc(S(=O)(=O)Nc2nc3ccccc3nc2NCCCOC(C)C)c(C)c1. The third-order valence-electron chi connectivity index (χ3n) is 4.49. The van der Waals surface area contributed by atoms with Crippen LogP contribution in [0.4, 0.5) is 11.6 Å². The van der Waals surface area contributed by atoms with Gasteiger partial charge in [0.15, 0.2) is 11.6 Å². The number of anilines is 2. The van der Waals surface area contributed by atoms with Crippen molar-refractivity contribution in [3.8, 4) is 0 Å². The first-order valence-corrected chi connectivity index (χ1v) is 11.5. The lowest BCUT2D eigenvalue weighted by Gasteiger charge is -2.15. The Morgan fingerprint density at radius 3 is 2.30 bits per heavy atom. The van der Waals surface area contributed by atoms with Gasteiger partial charge in [-0.3, -0.25) is 4.72 Å². The molecular weight excluding hydrogens is 400 g/mol. The largest absolute Gasteiger partial charge is 0.379 e. The summed E-state index contributed by atoms with van der Waals surface area (Å²) in [6, 6.07) is 12.6. The molecule has 2 aromatic carbocycles. The van der Waals surface area contributed by atoms with Crippen LogP contribution in [0.15, 0.2) is 47.4 Å². The van der Waals surface area contributed by atoms with Gasteiger partial charge in [0.25, 0.3) is 10.0 Å². The number of nitrogens with zero attached hydrogens (tertiary/aromatic N) is 2. The Hall–Kier alpha value is -2.71. The first kappa shape index (κ1) is 22.0. The fourth-order valence-electron chi connectivity index (χ4n) is 3.08. The van der Waals surface area contributed by atoms with Crippen LogP contribution in [0.3, 0.4) is 0 Å². The molecule has 3 rings (SSSR count). The average Bonchev–Trinajstić information content (AvgIpc) is 2.67. The van der Waals surface area contributed by atoms with Gasteiger partial charge in [-0.15, -0.1) is 0 Å². The molecule has 0 unspecified atom stereocenters. The highest BCUT2D eigenvalue weighted by atomic mass is 32.2. The van der Waals surface area contributed by atoms with Gasteiger partial charge in [0.05, 0.1) is 22.0 Å². The summed E-state index contributed by atoms with van der Waals surface area (Å²) in [6.07, 6.45) is 0.932. The van der Waals surface area contributed by atoms with Crippen molar-refractivity contribution in [1.82, 2.24) is 9.97 Å². The number of ether oxygens (including phenoxy) is 1. The third-order valence-corrected chi connectivity index (χ3v) is 5.99. The molecule has 0 saturated carbocycles. The molecule has 0 amide bonds. The molecule has 3 aromatic rings. The van der Waals surface area contributed by atoms with Crippen molar-refractivity contribution in [3.05, 3.63) is 53.6 Å². The van der Waals surface area contributed by atoms with Gasteiger partial charge < -0.3 is 10.1 Å². The Bertz CT molecular complexity index is 1130. The van der Waals surface area contributed by atoms with E-state index in [0.717, 1.165) is 12.0 Å². The first-order valence-electron chi connectivity index (χ1n) is 9.98. The van der Waals surface area contributed by atoms with Gasteiger partial charge in [0.1, 0.15) is 0 Å². The fraction of sp³-hybridized carbons (Fsp3) is 0.364. The molecule has 0 spiro atoms. The van der Waals surface area contributed by atoms with Crippen LogP contribution in [0.25, 0.3) is 11.0 Å². The number of hydrogen-bond acceptors (Lipinski definition) is 6. The molecule has 0 bridgehead atoms. The minimum Gasteiger partial charge on any atom is -0.379 e. The van der Waals surface area contributed by atoms with Crippen molar-refractivity contribution < 1.29 is 13.2 Å². The molecule has 7 nitrogen and oxygen atoms in total. The Morgan fingerprint density at radius 1 is 1.00 bits per heavy atom. The molecule has 0 saturated heterocycles. The molecule has 2 N–H and O–H groups in total. The lowest BCUT2D eigenvalue weighted by molar-refractivity contribution is 0.0787. The van der Waals surface area contributed by atoms with Crippen molar-refractivity contribution in [2.45, 2.75) is 45.1 Å². The monoisotopic (exact) mass is 428 g/mol. The normalized spacial score (nSPS) is 11.8. The van der Waals surface area contributed by atoms with Crippen molar-refractivity contribution in [3.63, 3.8) is 0 Å². The van der Waals surface area contributed by atoms with Gasteiger partial charge in [-0.05, 0) is 57.9 Å². The molecule has 0 aliphatic carbocycles. The van der Waals surface area contributed by atoms with Gasteiger partial charge in [-0.2, -0.15) is 0 Å². The van der Waals surface area contributed by atoms with Gasteiger partial charge >= 0.3 is 0 Å². The van der Waals surface area contributed by atoms with E-state index in [0.29, 0.717) is 35.6 Å². The Balaban J connectivity index is 1.88. The molecular formula is C22H28N4O3S. The van der Waals surface area contributed by atoms with E-state index >= 15 is 0 Å². The molecule has 0 atom stereocenters. The molecule has 0 radical (unpaired) electrons. The maximum absolute atomic E-state index is 13.0. The van der Waals surface area contributed by atoms with Crippen LogP contribution in [0.2, 0.25) is 0 Å². The van der Waals surface area contributed by atoms with E-state index in [1.807, 2.05) is 45.0 Å². The van der Waals surface area contributed by atoms with Crippen molar-refractivity contribution in [2.24, 2.45) is 0 Å². The van der Waals surface area contributed by atoms with Gasteiger partial charge in [0, 0.05) is 13.2 Å². The van der Waals surface area contributed by atoms with E-state index in [2.05, 4.69) is 20.0 Å². The second kappa shape index (κ2) is 9.40. The van der Waals surface area contributed by atoms with E-state index in [9.17, 15) is 8.42 Å². The van der Waals surface area contributed by atoms with Crippen molar-refractivity contribution >= 4 is 32.7 Å². The van der Waals surface area contributed by atoms with Crippen LogP contribution < -0.4 is 10.0 Å². The second-order valence-electron chi connectivity index (χ2n) is 7.48. The number of sulfonamides is 1. The third kappa shape index (κ3) is 5.46. The Kier molecular flexibility index (Phi) is 6.89. The number of hydrogen-bond donors (Lipinski definition) is 2. The second-order valence-corrected chi connectivity index (χ2v) is 9.13. The van der Waals surface area contributed by atoms with Crippen LogP contribution in [0, 0.1) is 13.8 Å². The topological polar surface area (TPSA) is 93.2 Å². The highest BCUT2D eigenvalue weighted by Gasteiger charge is 2.20. The van der Waals surface area contributed by atoms with Gasteiger partial charge in [-0.25, -0.2) is 18.4 Å². The molecule has 8 heteroatoms. The number of aromatic nitrogens is 2. The Labute approximate surface area is 178 Å². The molecule has 160 valence electrons. The predicted octanol–water partition coefficient (Wildman–Crippen LogP) is 4.27. The number of para-hydroxylation sites is 2. The average molecular weight is 429 g/mol. The minimum atomic E-state index is -3.82. The van der Waals surface area contributed by atoms with E-state index < -0.39 is 10.0 Å². The highest BCUT2D eigenvalue weighted by Crippen LogP contribution is 2.25. The van der Waals surface area contributed by atoms with Gasteiger partial charge in [-0.1, -0.05) is 29.8 Å². The molecule has 0 aliphatic heterocycles. The smallest absolute Gasteiger partial charge is 0.263 e.